The summed E-state index contributed by atoms with van der Waals surface area (Å²) in [5.74, 6) is 0. The number of nitrogens with one attached hydrogen (secondary N) is 1. The van der Waals surface area contributed by atoms with Gasteiger partial charge in [0.25, 0.3) is 0 Å². The van der Waals surface area contributed by atoms with Crippen molar-refractivity contribution in [1.82, 2.24) is 10.2 Å². The van der Waals surface area contributed by atoms with Crippen LogP contribution < -0.4 is 5.32 Å². The van der Waals surface area contributed by atoms with Crippen LogP contribution >= 0.6 is 0 Å². The molecular formula is C12H26N2O2. The molecule has 1 heterocycles. The minimum atomic E-state index is -0.00103. The minimum Gasteiger partial charge on any atom is -0.396 e. The Morgan fingerprint density at radius 3 is 2.62 bits per heavy atom. The van der Waals surface area contributed by atoms with Crippen molar-refractivity contribution in [3.8, 4) is 0 Å². The molecule has 0 unspecified atom stereocenters. The van der Waals surface area contributed by atoms with E-state index in [0.29, 0.717) is 0 Å². The van der Waals surface area contributed by atoms with E-state index < -0.39 is 0 Å². The number of nitrogens with zero attached hydrogens (tertiary/aromatic N) is 1. The summed E-state index contributed by atoms with van der Waals surface area (Å²) in [4.78, 5) is 2.45. The number of aliphatic hydroxyl groups excluding tert-OH is 1. The van der Waals surface area contributed by atoms with Gasteiger partial charge in [-0.3, -0.25) is 4.90 Å². The van der Waals surface area contributed by atoms with Gasteiger partial charge in [-0.05, 0) is 19.5 Å². The van der Waals surface area contributed by atoms with Gasteiger partial charge in [-0.1, -0.05) is 13.8 Å². The number of morpholine rings is 1. The van der Waals surface area contributed by atoms with Gasteiger partial charge in [0.15, 0.2) is 0 Å². The first-order valence-electron chi connectivity index (χ1n) is 6.26. The Morgan fingerprint density at radius 1 is 1.31 bits per heavy atom. The van der Waals surface area contributed by atoms with Crippen LogP contribution in [0.25, 0.3) is 0 Å². The molecular weight excluding hydrogens is 204 g/mol. The van der Waals surface area contributed by atoms with Crippen LogP contribution in [0.1, 0.15) is 20.3 Å². The van der Waals surface area contributed by atoms with E-state index >= 15 is 0 Å². The Hall–Kier alpha value is -0.160. The van der Waals surface area contributed by atoms with E-state index in [0.717, 1.165) is 45.9 Å². The number of rotatable bonds is 7. The summed E-state index contributed by atoms with van der Waals surface area (Å²) in [7, 11) is 0. The zero-order valence-corrected chi connectivity index (χ0v) is 10.7. The molecule has 0 aromatic rings. The van der Waals surface area contributed by atoms with Crippen molar-refractivity contribution in [2.45, 2.75) is 20.3 Å². The maximum absolute atomic E-state index is 9.09. The van der Waals surface area contributed by atoms with Gasteiger partial charge in [0.05, 0.1) is 13.2 Å². The van der Waals surface area contributed by atoms with Crippen LogP contribution in [0.5, 0.6) is 0 Å². The summed E-state index contributed by atoms with van der Waals surface area (Å²) < 4.78 is 5.30. The molecule has 0 atom stereocenters. The van der Waals surface area contributed by atoms with Gasteiger partial charge < -0.3 is 15.2 Å². The first-order chi connectivity index (χ1) is 7.64. The Bertz CT molecular complexity index is 180. The van der Waals surface area contributed by atoms with E-state index in [4.69, 9.17) is 9.84 Å². The van der Waals surface area contributed by atoms with E-state index in [-0.39, 0.29) is 12.0 Å². The lowest BCUT2D eigenvalue weighted by molar-refractivity contribution is 0.0373. The molecule has 0 radical (unpaired) electrons. The van der Waals surface area contributed by atoms with Crippen LogP contribution in [0.15, 0.2) is 0 Å². The van der Waals surface area contributed by atoms with Crippen LogP contribution in [0.2, 0.25) is 0 Å². The molecule has 0 bridgehead atoms. The highest BCUT2D eigenvalue weighted by Gasteiger charge is 2.15. The van der Waals surface area contributed by atoms with E-state index in [1.165, 1.54) is 6.42 Å². The highest BCUT2D eigenvalue weighted by molar-refractivity contribution is 4.70. The predicted molar refractivity (Wildman–Crippen MR) is 65.6 cm³/mol. The van der Waals surface area contributed by atoms with Gasteiger partial charge >= 0.3 is 0 Å². The average molecular weight is 230 g/mol. The van der Waals surface area contributed by atoms with Crippen LogP contribution in [-0.4, -0.2) is 62.6 Å². The van der Waals surface area contributed by atoms with Crippen molar-refractivity contribution in [2.75, 3.05) is 52.5 Å². The van der Waals surface area contributed by atoms with Crippen LogP contribution in [-0.2, 0) is 4.74 Å². The second kappa shape index (κ2) is 7.22. The molecule has 2 N–H and O–H groups in total. The lowest BCUT2D eigenvalue weighted by Crippen LogP contribution is -2.38. The molecule has 4 nitrogen and oxygen atoms in total. The second-order valence-corrected chi connectivity index (χ2v) is 5.31. The third-order valence-electron chi connectivity index (χ3n) is 2.96. The first-order valence-corrected chi connectivity index (χ1v) is 6.26. The zero-order valence-electron chi connectivity index (χ0n) is 10.7. The largest absolute Gasteiger partial charge is 0.396 e. The Balaban J connectivity index is 1.95. The van der Waals surface area contributed by atoms with Gasteiger partial charge in [0, 0.05) is 31.7 Å². The fourth-order valence-electron chi connectivity index (χ4n) is 1.74. The van der Waals surface area contributed by atoms with Crippen molar-refractivity contribution in [2.24, 2.45) is 5.41 Å². The van der Waals surface area contributed by atoms with Gasteiger partial charge in [0.1, 0.15) is 0 Å². The third kappa shape index (κ3) is 5.80. The molecule has 1 aliphatic rings. The lowest BCUT2D eigenvalue weighted by Gasteiger charge is -2.27. The van der Waals surface area contributed by atoms with E-state index in [9.17, 15) is 0 Å². The summed E-state index contributed by atoms with van der Waals surface area (Å²) in [6.07, 6.45) is 1.17. The van der Waals surface area contributed by atoms with Crippen LogP contribution in [0.3, 0.4) is 0 Å². The molecule has 16 heavy (non-hydrogen) atoms. The van der Waals surface area contributed by atoms with E-state index in [2.05, 4.69) is 24.1 Å². The fourth-order valence-corrected chi connectivity index (χ4v) is 1.74. The summed E-state index contributed by atoms with van der Waals surface area (Å²) >= 11 is 0. The third-order valence-corrected chi connectivity index (χ3v) is 2.96. The van der Waals surface area contributed by atoms with Gasteiger partial charge in [0.2, 0.25) is 0 Å². The number of ether oxygens (including phenoxy) is 1. The molecule has 96 valence electrons. The van der Waals surface area contributed by atoms with E-state index in [1.54, 1.807) is 0 Å². The van der Waals surface area contributed by atoms with Crippen molar-refractivity contribution in [3.05, 3.63) is 0 Å². The molecule has 0 amide bonds. The average Bonchev–Trinajstić information content (AvgIpc) is 2.30. The molecule has 1 aliphatic heterocycles. The summed E-state index contributed by atoms with van der Waals surface area (Å²) in [5.41, 5.74) is -0.00103. The Kier molecular flexibility index (Phi) is 6.28. The first kappa shape index (κ1) is 13.9. The van der Waals surface area contributed by atoms with Crippen LogP contribution in [0, 0.1) is 5.41 Å². The van der Waals surface area contributed by atoms with E-state index in [1.807, 2.05) is 0 Å². The quantitative estimate of drug-likeness (QED) is 0.618. The monoisotopic (exact) mass is 230 g/mol. The molecule has 0 aromatic carbocycles. The minimum absolute atomic E-state index is 0.00103. The van der Waals surface area contributed by atoms with Gasteiger partial charge in [-0.2, -0.15) is 0 Å². The number of hydrogen-bond acceptors (Lipinski definition) is 4. The lowest BCUT2D eigenvalue weighted by atomic mass is 9.95. The topological polar surface area (TPSA) is 44.7 Å². The molecule has 1 saturated heterocycles. The number of aliphatic hydroxyl groups is 1. The normalized spacial score (nSPS) is 18.9. The Labute approximate surface area is 99.0 Å². The standard InChI is InChI=1S/C12H26N2O2/c1-12(2,11-15)10-13-4-3-5-14-6-8-16-9-7-14/h13,15H,3-11H2,1-2H3. The fraction of sp³-hybridized carbons (Fsp3) is 1.00. The van der Waals surface area contributed by atoms with Crippen molar-refractivity contribution in [1.29, 1.82) is 0 Å². The maximum Gasteiger partial charge on any atom is 0.0594 e. The predicted octanol–water partition coefficient (Wildman–Crippen LogP) is 0.317. The molecule has 1 fully saturated rings. The smallest absolute Gasteiger partial charge is 0.0594 e. The highest BCUT2D eigenvalue weighted by atomic mass is 16.5. The maximum atomic E-state index is 9.09. The zero-order chi connectivity index (χ0) is 11.9. The van der Waals surface area contributed by atoms with Crippen molar-refractivity contribution in [3.63, 3.8) is 0 Å². The molecule has 0 saturated carbocycles. The molecule has 0 spiro atoms. The highest BCUT2D eigenvalue weighted by Crippen LogP contribution is 2.10. The molecule has 1 rings (SSSR count). The summed E-state index contributed by atoms with van der Waals surface area (Å²) in [5, 5.41) is 12.5. The summed E-state index contributed by atoms with van der Waals surface area (Å²) in [6, 6.07) is 0. The Morgan fingerprint density at radius 2 is 2.00 bits per heavy atom. The SMILES string of the molecule is CC(C)(CO)CNCCCN1CCOCC1. The molecule has 4 heteroatoms. The summed E-state index contributed by atoms with van der Waals surface area (Å²) in [6.45, 7) is 11.3. The second-order valence-electron chi connectivity index (χ2n) is 5.31. The molecule has 0 aliphatic carbocycles. The van der Waals surface area contributed by atoms with Crippen molar-refractivity contribution < 1.29 is 9.84 Å². The van der Waals surface area contributed by atoms with Crippen LogP contribution in [0.4, 0.5) is 0 Å². The number of hydrogen-bond donors (Lipinski definition) is 2. The molecule has 0 aromatic heterocycles. The van der Waals surface area contributed by atoms with Gasteiger partial charge in [-0.15, -0.1) is 0 Å². The van der Waals surface area contributed by atoms with Crippen molar-refractivity contribution >= 4 is 0 Å². The van der Waals surface area contributed by atoms with Gasteiger partial charge in [-0.25, -0.2) is 0 Å².